The summed E-state index contributed by atoms with van der Waals surface area (Å²) in [5, 5.41) is 3.32. The van der Waals surface area contributed by atoms with Crippen molar-refractivity contribution >= 4 is 10.0 Å². The lowest BCUT2D eigenvalue weighted by molar-refractivity contribution is 0.268. The summed E-state index contributed by atoms with van der Waals surface area (Å²) in [5.74, 6) is 0.828. The van der Waals surface area contributed by atoms with Gasteiger partial charge in [-0.25, -0.2) is 12.7 Å². The second kappa shape index (κ2) is 7.13. The monoisotopic (exact) mass is 260 g/mol. The highest BCUT2D eigenvalue weighted by Gasteiger charge is 2.26. The van der Waals surface area contributed by atoms with E-state index in [2.05, 4.69) is 18.8 Å². The van der Waals surface area contributed by atoms with Crippen LogP contribution in [-0.4, -0.2) is 44.7 Å². The van der Waals surface area contributed by atoms with Crippen LogP contribution >= 0.6 is 0 Å². The number of rotatable bonds is 7. The van der Waals surface area contributed by atoms with Gasteiger partial charge in [-0.3, -0.25) is 0 Å². The number of nitrogens with one attached hydrogen (secondary N) is 1. The first-order valence-corrected chi connectivity index (χ1v) is 8.00. The highest BCUT2D eigenvalue weighted by atomic mass is 32.2. The van der Waals surface area contributed by atoms with E-state index in [1.54, 1.807) is 10.4 Å². The number of nitrogens with zero attached hydrogens (tertiary/aromatic N) is 1. The molecule has 1 fully saturated rings. The summed E-state index contributed by atoms with van der Waals surface area (Å²) in [4.78, 5) is 0. The first kappa shape index (κ1) is 14.7. The Bertz CT molecular complexity index is 319. The van der Waals surface area contributed by atoms with Crippen LogP contribution in [0.2, 0.25) is 0 Å². The maximum absolute atomic E-state index is 11.9. The van der Waals surface area contributed by atoms with E-state index in [0.717, 1.165) is 25.9 Å². The average molecular weight is 260 g/mol. The van der Waals surface area contributed by atoms with Crippen LogP contribution in [-0.2, 0) is 10.0 Å². The van der Waals surface area contributed by atoms with Gasteiger partial charge in [0.2, 0.25) is 10.0 Å². The molecule has 0 radical (unpaired) electrons. The Morgan fingerprint density at radius 2 is 2.06 bits per heavy atom. The van der Waals surface area contributed by atoms with Crippen LogP contribution in [0.15, 0.2) is 12.7 Å². The minimum Gasteiger partial charge on any atom is -0.317 e. The molecule has 0 saturated carbocycles. The van der Waals surface area contributed by atoms with Crippen molar-refractivity contribution < 1.29 is 8.42 Å². The number of piperidine rings is 1. The van der Waals surface area contributed by atoms with Gasteiger partial charge >= 0.3 is 0 Å². The Morgan fingerprint density at radius 1 is 1.41 bits per heavy atom. The fourth-order valence-corrected chi connectivity index (χ4v) is 3.59. The third-order valence-electron chi connectivity index (χ3n) is 3.23. The maximum Gasteiger partial charge on any atom is 0.214 e. The molecule has 1 aliphatic heterocycles. The van der Waals surface area contributed by atoms with Crippen LogP contribution in [0.1, 0.15) is 26.2 Å². The van der Waals surface area contributed by atoms with Gasteiger partial charge in [0.1, 0.15) is 0 Å². The summed E-state index contributed by atoms with van der Waals surface area (Å²) in [5.41, 5.74) is 0. The van der Waals surface area contributed by atoms with Crippen molar-refractivity contribution in [2.24, 2.45) is 5.92 Å². The molecule has 0 atom stereocenters. The maximum atomic E-state index is 11.9. The van der Waals surface area contributed by atoms with E-state index in [9.17, 15) is 8.42 Å². The standard InChI is InChI=1S/C12H24N2O2S/c1-3-5-10-17(15,16)14-8-6-12(7-9-14)11-13-4-2/h3,12-13H,1,4-11H2,2H3. The summed E-state index contributed by atoms with van der Waals surface area (Å²) in [6.45, 7) is 9.00. The lowest BCUT2D eigenvalue weighted by Gasteiger charge is -2.31. The second-order valence-electron chi connectivity index (χ2n) is 4.54. The first-order chi connectivity index (χ1) is 8.10. The average Bonchev–Trinajstić information content (AvgIpc) is 2.34. The molecule has 5 heteroatoms. The van der Waals surface area contributed by atoms with Gasteiger partial charge in [-0.05, 0) is 38.3 Å². The fourth-order valence-electron chi connectivity index (χ4n) is 2.10. The highest BCUT2D eigenvalue weighted by Crippen LogP contribution is 2.19. The van der Waals surface area contributed by atoms with Crippen molar-refractivity contribution in [1.29, 1.82) is 0 Å². The molecule has 0 spiro atoms. The van der Waals surface area contributed by atoms with Crippen molar-refractivity contribution in [2.75, 3.05) is 31.9 Å². The highest BCUT2D eigenvalue weighted by molar-refractivity contribution is 7.89. The van der Waals surface area contributed by atoms with Crippen molar-refractivity contribution in [2.45, 2.75) is 26.2 Å². The largest absolute Gasteiger partial charge is 0.317 e. The van der Waals surface area contributed by atoms with Crippen LogP contribution in [0.25, 0.3) is 0 Å². The van der Waals surface area contributed by atoms with Crippen LogP contribution < -0.4 is 5.32 Å². The normalized spacial score (nSPS) is 19.4. The molecule has 0 amide bonds. The van der Waals surface area contributed by atoms with Gasteiger partial charge in [0, 0.05) is 13.1 Å². The van der Waals surface area contributed by atoms with E-state index in [1.807, 2.05) is 0 Å². The number of allylic oxidation sites excluding steroid dienone is 1. The predicted molar refractivity (Wildman–Crippen MR) is 71.4 cm³/mol. The molecule has 0 bridgehead atoms. The molecule has 1 heterocycles. The van der Waals surface area contributed by atoms with Crippen LogP contribution in [0.3, 0.4) is 0 Å². The second-order valence-corrected chi connectivity index (χ2v) is 6.63. The van der Waals surface area contributed by atoms with Crippen LogP contribution in [0, 0.1) is 5.92 Å². The summed E-state index contributed by atoms with van der Waals surface area (Å²) >= 11 is 0. The number of hydrogen-bond acceptors (Lipinski definition) is 3. The Hall–Kier alpha value is -0.390. The van der Waals surface area contributed by atoms with E-state index in [-0.39, 0.29) is 5.75 Å². The van der Waals surface area contributed by atoms with Crippen molar-refractivity contribution in [3.05, 3.63) is 12.7 Å². The first-order valence-electron chi connectivity index (χ1n) is 6.39. The van der Waals surface area contributed by atoms with Crippen molar-refractivity contribution in [1.82, 2.24) is 9.62 Å². The zero-order chi connectivity index (χ0) is 12.7. The molecule has 0 aromatic heterocycles. The smallest absolute Gasteiger partial charge is 0.214 e. The molecule has 0 aliphatic carbocycles. The molecule has 100 valence electrons. The van der Waals surface area contributed by atoms with Crippen LogP contribution in [0.4, 0.5) is 0 Å². The fraction of sp³-hybridized carbons (Fsp3) is 0.833. The van der Waals surface area contributed by atoms with Crippen molar-refractivity contribution in [3.8, 4) is 0 Å². The Kier molecular flexibility index (Phi) is 6.16. The minimum atomic E-state index is -3.05. The lowest BCUT2D eigenvalue weighted by Crippen LogP contribution is -2.41. The topological polar surface area (TPSA) is 49.4 Å². The van der Waals surface area contributed by atoms with Gasteiger partial charge in [-0.1, -0.05) is 13.0 Å². The van der Waals surface area contributed by atoms with E-state index in [0.29, 0.717) is 25.4 Å². The summed E-state index contributed by atoms with van der Waals surface area (Å²) < 4.78 is 25.5. The van der Waals surface area contributed by atoms with E-state index in [4.69, 9.17) is 0 Å². The minimum absolute atomic E-state index is 0.203. The third kappa shape index (κ3) is 4.77. The molecular weight excluding hydrogens is 236 g/mol. The molecule has 0 aromatic rings. The van der Waals surface area contributed by atoms with E-state index >= 15 is 0 Å². The van der Waals surface area contributed by atoms with Crippen molar-refractivity contribution in [3.63, 3.8) is 0 Å². The molecular formula is C12H24N2O2S. The molecule has 0 unspecified atom stereocenters. The zero-order valence-electron chi connectivity index (χ0n) is 10.7. The molecule has 1 N–H and O–H groups in total. The summed E-state index contributed by atoms with van der Waals surface area (Å²) in [6, 6.07) is 0. The Morgan fingerprint density at radius 3 is 2.59 bits per heavy atom. The third-order valence-corrected chi connectivity index (χ3v) is 5.13. The van der Waals surface area contributed by atoms with Gasteiger partial charge in [-0.15, -0.1) is 6.58 Å². The van der Waals surface area contributed by atoms with Gasteiger partial charge < -0.3 is 5.32 Å². The van der Waals surface area contributed by atoms with Gasteiger partial charge in [0.25, 0.3) is 0 Å². The molecule has 1 saturated heterocycles. The van der Waals surface area contributed by atoms with Gasteiger partial charge in [-0.2, -0.15) is 0 Å². The molecule has 1 aliphatic rings. The summed E-state index contributed by atoms with van der Waals surface area (Å²) in [7, 11) is -3.05. The molecule has 4 nitrogen and oxygen atoms in total. The molecule has 1 rings (SSSR count). The lowest BCUT2D eigenvalue weighted by atomic mass is 9.98. The molecule has 0 aromatic carbocycles. The van der Waals surface area contributed by atoms with E-state index in [1.165, 1.54) is 0 Å². The van der Waals surface area contributed by atoms with Gasteiger partial charge in [0.05, 0.1) is 5.75 Å². The summed E-state index contributed by atoms with van der Waals surface area (Å²) in [6.07, 6.45) is 4.15. The van der Waals surface area contributed by atoms with Crippen LogP contribution in [0.5, 0.6) is 0 Å². The number of hydrogen-bond donors (Lipinski definition) is 1. The zero-order valence-corrected chi connectivity index (χ0v) is 11.5. The quantitative estimate of drug-likeness (QED) is 0.700. The van der Waals surface area contributed by atoms with E-state index < -0.39 is 10.0 Å². The predicted octanol–water partition coefficient (Wildman–Crippen LogP) is 1.21. The molecule has 17 heavy (non-hydrogen) atoms. The number of sulfonamides is 1. The Labute approximate surface area is 105 Å². The van der Waals surface area contributed by atoms with Gasteiger partial charge in [0.15, 0.2) is 0 Å². The SMILES string of the molecule is C=CCCS(=O)(=O)N1CCC(CNCC)CC1. The Balaban J connectivity index is 2.37.